The van der Waals surface area contributed by atoms with Gasteiger partial charge in [0.15, 0.2) is 5.78 Å². The molecule has 2 aromatic carbocycles. The molecule has 0 amide bonds. The van der Waals surface area contributed by atoms with E-state index in [1.807, 2.05) is 56.3 Å². The number of carbonyl (C=O) groups is 1. The van der Waals surface area contributed by atoms with Gasteiger partial charge in [-0.1, -0.05) is 42.0 Å². The molecule has 0 fully saturated rings. The molecule has 0 atom stereocenters. The Morgan fingerprint density at radius 1 is 1.09 bits per heavy atom. The number of phenolic OH excluding ortho intramolecular Hbond substituents is 1. The zero-order chi connectivity index (χ0) is 15.9. The fourth-order valence-electron chi connectivity index (χ4n) is 2.28. The molecule has 0 radical (unpaired) electrons. The molecule has 2 rings (SSSR count). The Hall–Kier alpha value is -2.35. The van der Waals surface area contributed by atoms with Crippen molar-refractivity contribution < 1.29 is 9.90 Å². The number of allylic oxidation sites excluding steroid dienone is 2. The van der Waals surface area contributed by atoms with E-state index in [0.717, 1.165) is 12.0 Å². The molecule has 22 heavy (non-hydrogen) atoms. The van der Waals surface area contributed by atoms with Gasteiger partial charge in [0.05, 0.1) is 0 Å². The number of hydrogen-bond donors (Lipinski definition) is 1. The number of Topliss-reactive ketones (excluding diaryl/α,β-unsaturated/α-hetero) is 1. The second-order valence-electron chi connectivity index (χ2n) is 5.74. The maximum absolute atomic E-state index is 12.3. The van der Waals surface area contributed by atoms with Crippen molar-refractivity contribution in [3.8, 4) is 5.75 Å². The number of aryl methyl sites for hydroxylation is 1. The molecule has 0 spiro atoms. The third kappa shape index (κ3) is 4.59. The van der Waals surface area contributed by atoms with Gasteiger partial charge in [0.25, 0.3) is 0 Å². The highest BCUT2D eigenvalue weighted by molar-refractivity contribution is 5.96. The fraction of sp³-hybridized carbons (Fsp3) is 0.250. The summed E-state index contributed by atoms with van der Waals surface area (Å²) in [4.78, 5) is 12.3. The topological polar surface area (TPSA) is 37.3 Å². The normalized spacial score (nSPS) is 10.3. The molecule has 114 valence electrons. The number of rotatable bonds is 6. The number of aromatic hydroxyl groups is 1. The van der Waals surface area contributed by atoms with Crippen LogP contribution < -0.4 is 0 Å². The average molecular weight is 294 g/mol. The van der Waals surface area contributed by atoms with Crippen molar-refractivity contribution in [1.29, 1.82) is 0 Å². The summed E-state index contributed by atoms with van der Waals surface area (Å²) < 4.78 is 0. The largest absolute Gasteiger partial charge is 0.508 e. The Labute approximate surface area is 132 Å². The summed E-state index contributed by atoms with van der Waals surface area (Å²) in [5.74, 6) is 0.361. The van der Waals surface area contributed by atoms with Gasteiger partial charge in [0.2, 0.25) is 0 Å². The minimum Gasteiger partial charge on any atom is -0.508 e. The highest BCUT2D eigenvalue weighted by atomic mass is 16.3. The van der Waals surface area contributed by atoms with E-state index < -0.39 is 0 Å². The zero-order valence-electron chi connectivity index (χ0n) is 13.2. The molecule has 2 aromatic rings. The summed E-state index contributed by atoms with van der Waals surface area (Å²) in [5.41, 5.74) is 3.83. The molecular weight excluding hydrogens is 272 g/mol. The fourth-order valence-corrected chi connectivity index (χ4v) is 2.28. The van der Waals surface area contributed by atoms with Crippen LogP contribution in [0.2, 0.25) is 0 Å². The van der Waals surface area contributed by atoms with E-state index in [2.05, 4.69) is 0 Å². The first-order valence-corrected chi connectivity index (χ1v) is 7.58. The van der Waals surface area contributed by atoms with Gasteiger partial charge in [-0.15, -0.1) is 0 Å². The van der Waals surface area contributed by atoms with Crippen LogP contribution in [0.4, 0.5) is 0 Å². The molecule has 0 saturated carbocycles. The number of phenols is 1. The lowest BCUT2D eigenvalue weighted by atomic mass is 9.99. The second kappa shape index (κ2) is 7.60. The van der Waals surface area contributed by atoms with Crippen LogP contribution in [0.15, 0.2) is 60.2 Å². The molecule has 0 aliphatic heterocycles. The predicted octanol–water partition coefficient (Wildman–Crippen LogP) is 4.72. The van der Waals surface area contributed by atoms with Gasteiger partial charge in [0, 0.05) is 12.0 Å². The van der Waals surface area contributed by atoms with E-state index in [-0.39, 0.29) is 11.5 Å². The van der Waals surface area contributed by atoms with E-state index in [1.165, 1.54) is 11.1 Å². The molecule has 0 aromatic heterocycles. The van der Waals surface area contributed by atoms with Crippen molar-refractivity contribution in [2.75, 3.05) is 0 Å². The van der Waals surface area contributed by atoms with Gasteiger partial charge in [0.1, 0.15) is 5.75 Å². The number of ketones is 1. The summed E-state index contributed by atoms with van der Waals surface area (Å²) in [6.45, 7) is 4.04. The molecule has 0 bridgehead atoms. The molecule has 0 aliphatic rings. The summed E-state index contributed by atoms with van der Waals surface area (Å²) >= 11 is 0. The zero-order valence-corrected chi connectivity index (χ0v) is 13.2. The highest BCUT2D eigenvalue weighted by Crippen LogP contribution is 2.21. The summed E-state index contributed by atoms with van der Waals surface area (Å²) in [6.07, 6.45) is 3.92. The van der Waals surface area contributed by atoms with Gasteiger partial charge in [-0.25, -0.2) is 0 Å². The van der Waals surface area contributed by atoms with Crippen LogP contribution >= 0.6 is 0 Å². The molecule has 2 heteroatoms. The van der Waals surface area contributed by atoms with Crippen molar-refractivity contribution in [2.24, 2.45) is 0 Å². The molecule has 0 heterocycles. The Kier molecular flexibility index (Phi) is 5.54. The lowest BCUT2D eigenvalue weighted by molar-refractivity contribution is 0.0982. The van der Waals surface area contributed by atoms with E-state index in [4.69, 9.17) is 0 Å². The highest BCUT2D eigenvalue weighted by Gasteiger charge is 2.09. The summed E-state index contributed by atoms with van der Waals surface area (Å²) in [7, 11) is 0. The maximum atomic E-state index is 12.3. The molecular formula is C20H22O2. The third-order valence-electron chi connectivity index (χ3n) is 3.62. The average Bonchev–Trinajstić information content (AvgIpc) is 2.52. The van der Waals surface area contributed by atoms with Crippen LogP contribution in [-0.4, -0.2) is 10.9 Å². The lowest BCUT2D eigenvalue weighted by Gasteiger charge is -2.06. The van der Waals surface area contributed by atoms with Crippen molar-refractivity contribution in [3.63, 3.8) is 0 Å². The van der Waals surface area contributed by atoms with Gasteiger partial charge >= 0.3 is 0 Å². The number of carbonyl (C=O) groups excluding carboxylic acids is 1. The van der Waals surface area contributed by atoms with Crippen LogP contribution in [0.5, 0.6) is 5.75 Å². The van der Waals surface area contributed by atoms with Gasteiger partial charge in [-0.05, 0) is 56.0 Å². The minimum atomic E-state index is 0.113. The number of benzene rings is 2. The van der Waals surface area contributed by atoms with Crippen molar-refractivity contribution in [2.45, 2.75) is 33.1 Å². The van der Waals surface area contributed by atoms with Gasteiger partial charge in [-0.2, -0.15) is 0 Å². The standard InChI is InChI=1S/C20H22O2/c1-15(2)8-10-17-14-18(11-13-20(17)22)19(21)12-9-16-6-4-3-5-7-16/h3-8,11,13-14,22H,9-10,12H2,1-2H3. The Morgan fingerprint density at radius 2 is 1.82 bits per heavy atom. The minimum absolute atomic E-state index is 0.113. The molecule has 0 unspecified atom stereocenters. The van der Waals surface area contributed by atoms with Crippen LogP contribution in [0.3, 0.4) is 0 Å². The maximum Gasteiger partial charge on any atom is 0.163 e. The first-order chi connectivity index (χ1) is 10.6. The first kappa shape index (κ1) is 16.0. The van der Waals surface area contributed by atoms with E-state index >= 15 is 0 Å². The van der Waals surface area contributed by atoms with Gasteiger partial charge < -0.3 is 5.11 Å². The molecule has 1 N–H and O–H groups in total. The molecule has 0 aliphatic carbocycles. The smallest absolute Gasteiger partial charge is 0.163 e. The monoisotopic (exact) mass is 294 g/mol. The third-order valence-corrected chi connectivity index (χ3v) is 3.62. The molecule has 2 nitrogen and oxygen atoms in total. The SMILES string of the molecule is CC(C)=CCc1cc(C(=O)CCc2ccccc2)ccc1O. The van der Waals surface area contributed by atoms with E-state index in [1.54, 1.807) is 12.1 Å². The van der Waals surface area contributed by atoms with Gasteiger partial charge in [-0.3, -0.25) is 4.79 Å². The quantitative estimate of drug-likeness (QED) is 0.618. The van der Waals surface area contributed by atoms with Crippen molar-refractivity contribution in [1.82, 2.24) is 0 Å². The van der Waals surface area contributed by atoms with Crippen LogP contribution in [0.25, 0.3) is 0 Å². The Bertz CT molecular complexity index is 665. The predicted molar refractivity (Wildman–Crippen MR) is 90.3 cm³/mol. The van der Waals surface area contributed by atoms with E-state index in [0.29, 0.717) is 18.4 Å². The summed E-state index contributed by atoms with van der Waals surface area (Å²) in [6, 6.07) is 15.1. The van der Waals surface area contributed by atoms with Crippen molar-refractivity contribution >= 4 is 5.78 Å². The summed E-state index contributed by atoms with van der Waals surface area (Å²) in [5, 5.41) is 9.90. The molecule has 0 saturated heterocycles. The van der Waals surface area contributed by atoms with Crippen LogP contribution in [0.1, 0.15) is 41.8 Å². The Balaban J connectivity index is 2.06. The lowest BCUT2D eigenvalue weighted by Crippen LogP contribution is -2.02. The van der Waals surface area contributed by atoms with Crippen LogP contribution in [0, 0.1) is 0 Å². The number of hydrogen-bond acceptors (Lipinski definition) is 2. The Morgan fingerprint density at radius 3 is 2.50 bits per heavy atom. The first-order valence-electron chi connectivity index (χ1n) is 7.58. The second-order valence-corrected chi connectivity index (χ2v) is 5.74. The van der Waals surface area contributed by atoms with Crippen molar-refractivity contribution in [3.05, 3.63) is 76.9 Å². The van der Waals surface area contributed by atoms with E-state index in [9.17, 15) is 9.90 Å². The van der Waals surface area contributed by atoms with Crippen LogP contribution in [-0.2, 0) is 12.8 Å².